The second-order valence-corrected chi connectivity index (χ2v) is 31.4. The molecule has 0 N–H and O–H groups in total. The number of methoxy groups -OCH3 is 1. The fourth-order valence-electron chi connectivity index (χ4n) is 11.6. The number of aryl methyl sites for hydroxylation is 4. The van der Waals surface area contributed by atoms with Gasteiger partial charge in [-0.1, -0.05) is 83.9 Å². The molecule has 0 radical (unpaired) electrons. The molecule has 0 aliphatic carbocycles. The van der Waals surface area contributed by atoms with Gasteiger partial charge in [-0.3, -0.25) is 0 Å². The third kappa shape index (κ3) is 16.6. The van der Waals surface area contributed by atoms with Gasteiger partial charge in [-0.25, -0.2) is 0 Å². The molecule has 4 saturated heterocycles. The van der Waals surface area contributed by atoms with E-state index in [-0.39, 0.29) is 5.41 Å². The Morgan fingerprint density at radius 2 is 0.747 bits per heavy atom. The van der Waals surface area contributed by atoms with Crippen LogP contribution in [-0.2, 0) is 49.0 Å². The monoisotopic (exact) mass is 1090 g/mol. The van der Waals surface area contributed by atoms with Crippen LogP contribution in [0.2, 0.25) is 0 Å². The van der Waals surface area contributed by atoms with Crippen molar-refractivity contribution >= 4 is 65.1 Å². The van der Waals surface area contributed by atoms with Crippen molar-refractivity contribution in [1.82, 2.24) is 0 Å². The van der Waals surface area contributed by atoms with Gasteiger partial charge in [-0.2, -0.15) is 0 Å². The number of rotatable bonds is 13. The zero-order valence-corrected chi connectivity index (χ0v) is 51.5. The maximum atomic E-state index is 6.01. The zero-order valence-electron chi connectivity index (χ0n) is 48.3. The lowest BCUT2D eigenvalue weighted by atomic mass is 9.81. The van der Waals surface area contributed by atoms with E-state index >= 15 is 0 Å². The van der Waals surface area contributed by atoms with Crippen LogP contribution in [0.4, 0.5) is 0 Å². The van der Waals surface area contributed by atoms with Crippen molar-refractivity contribution in [3.63, 3.8) is 0 Å². The summed E-state index contributed by atoms with van der Waals surface area (Å²) in [6, 6.07) is 36.2. The normalized spacial score (nSPS) is 16.8. The van der Waals surface area contributed by atoms with Crippen molar-refractivity contribution in [2.24, 2.45) is 0 Å². The molecule has 7 heteroatoms. The van der Waals surface area contributed by atoms with Gasteiger partial charge in [-0.05, 0) is 205 Å². The van der Waals surface area contributed by atoms with Gasteiger partial charge < -0.3 is 14.2 Å². The van der Waals surface area contributed by atoms with Gasteiger partial charge in [0.15, 0.2) is 19.6 Å². The lowest BCUT2D eigenvalue weighted by Gasteiger charge is -2.25. The minimum Gasteiger partial charge on any atom is -0.496 e. The average Bonchev–Trinajstić information content (AvgIpc) is 3.97. The van der Waals surface area contributed by atoms with Crippen LogP contribution in [0.1, 0.15) is 159 Å². The minimum absolute atomic E-state index is 0.266. The first-order chi connectivity index (χ1) is 36.4. The molecular formula is C68H96O3S4+4. The van der Waals surface area contributed by atoms with Crippen molar-refractivity contribution in [1.29, 1.82) is 0 Å². The Kier molecular flexibility index (Phi) is 23.8. The second-order valence-electron chi connectivity index (χ2n) is 22.4. The van der Waals surface area contributed by atoms with Gasteiger partial charge in [0.1, 0.15) is 63.3 Å². The molecule has 0 amide bonds. The Hall–Kier alpha value is -3.36. The topological polar surface area (TPSA) is 27.7 Å². The van der Waals surface area contributed by atoms with Crippen LogP contribution in [0.3, 0.4) is 0 Å². The molecule has 75 heavy (non-hydrogen) atoms. The third-order valence-electron chi connectivity index (χ3n) is 15.3. The molecule has 6 aromatic rings. The summed E-state index contributed by atoms with van der Waals surface area (Å²) in [7, 11) is 3.71. The van der Waals surface area contributed by atoms with E-state index in [9.17, 15) is 0 Å². The van der Waals surface area contributed by atoms with Gasteiger partial charge in [-0.15, -0.1) is 0 Å². The first-order valence-corrected chi connectivity index (χ1v) is 35.4. The molecule has 3 nitrogen and oxygen atoms in total. The van der Waals surface area contributed by atoms with Crippen LogP contribution in [0.5, 0.6) is 17.2 Å². The molecule has 0 atom stereocenters. The smallest absolute Gasteiger partial charge is 0.162 e. The molecule has 4 aliphatic rings. The number of unbranched alkanes of at least 4 members (excludes halogenated alkanes) is 2. The van der Waals surface area contributed by atoms with E-state index in [1.54, 1.807) is 32.3 Å². The third-order valence-corrected chi connectivity index (χ3v) is 25.3. The summed E-state index contributed by atoms with van der Waals surface area (Å²) in [5, 5.41) is 5.41. The van der Waals surface area contributed by atoms with Crippen molar-refractivity contribution in [3.05, 3.63) is 125 Å². The van der Waals surface area contributed by atoms with E-state index in [0.29, 0.717) is 43.6 Å². The first kappa shape index (κ1) is 59.3. The Morgan fingerprint density at radius 1 is 0.413 bits per heavy atom. The van der Waals surface area contributed by atoms with Gasteiger partial charge in [0.05, 0.1) is 20.3 Å². The van der Waals surface area contributed by atoms with Crippen LogP contribution < -0.4 is 14.2 Å². The lowest BCUT2D eigenvalue weighted by Crippen LogP contribution is -2.20. The minimum atomic E-state index is 0.266. The lowest BCUT2D eigenvalue weighted by molar-refractivity contribution is 0.312. The van der Waals surface area contributed by atoms with Crippen LogP contribution in [-0.4, -0.2) is 66.3 Å². The maximum absolute atomic E-state index is 6.01. The fourth-order valence-corrected chi connectivity index (χ4v) is 21.6. The highest BCUT2D eigenvalue weighted by atomic mass is 32.2. The summed E-state index contributed by atoms with van der Waals surface area (Å²) in [5.41, 5.74) is 7.38. The van der Waals surface area contributed by atoms with Gasteiger partial charge >= 0.3 is 0 Å². The number of fused-ring (bicyclic) bond motifs is 2. The highest BCUT2D eigenvalue weighted by molar-refractivity contribution is 7.98. The first-order valence-electron chi connectivity index (χ1n) is 29.2. The summed E-state index contributed by atoms with van der Waals surface area (Å²) in [4.78, 5) is 6.29. The molecule has 10 rings (SSSR count). The van der Waals surface area contributed by atoms with Crippen LogP contribution in [0.25, 0.3) is 21.5 Å². The van der Waals surface area contributed by atoms with E-state index < -0.39 is 0 Å². The Morgan fingerprint density at radius 3 is 1.09 bits per heavy atom. The number of hydrogen-bond donors (Lipinski definition) is 0. The Labute approximate surface area is 468 Å². The van der Waals surface area contributed by atoms with Gasteiger partial charge in [0.25, 0.3) is 0 Å². The number of benzene rings is 6. The molecule has 0 saturated carbocycles. The highest BCUT2D eigenvalue weighted by Gasteiger charge is 2.31. The highest BCUT2D eigenvalue weighted by Crippen LogP contribution is 2.38. The van der Waals surface area contributed by atoms with E-state index in [4.69, 9.17) is 14.2 Å². The fraction of sp³-hybridized carbons (Fsp3) is 0.529. The molecule has 4 heterocycles. The predicted octanol–water partition coefficient (Wildman–Crippen LogP) is 18.2. The van der Waals surface area contributed by atoms with E-state index in [1.807, 2.05) is 0 Å². The van der Waals surface area contributed by atoms with Crippen LogP contribution in [0, 0.1) is 27.7 Å². The Balaban J connectivity index is 0.000000147. The van der Waals surface area contributed by atoms with Crippen molar-refractivity contribution in [2.45, 2.75) is 184 Å². The van der Waals surface area contributed by atoms with Gasteiger partial charge in [0.2, 0.25) is 0 Å². The van der Waals surface area contributed by atoms with E-state index in [0.717, 1.165) is 43.3 Å². The van der Waals surface area contributed by atoms with Crippen molar-refractivity contribution in [3.8, 4) is 17.2 Å². The molecule has 406 valence electrons. The molecular weight excluding hydrogens is 993 g/mol. The Bertz CT molecular complexity index is 2630. The summed E-state index contributed by atoms with van der Waals surface area (Å²) in [6.45, 7) is 21.9. The molecule has 0 aromatic heterocycles. The molecule has 4 aliphatic heterocycles. The van der Waals surface area contributed by atoms with Crippen LogP contribution in [0.15, 0.2) is 117 Å². The predicted molar refractivity (Wildman–Crippen MR) is 338 cm³/mol. The van der Waals surface area contributed by atoms with E-state index in [1.165, 1.54) is 173 Å². The molecule has 0 bridgehead atoms. The van der Waals surface area contributed by atoms with Gasteiger partial charge in [0, 0.05) is 65.1 Å². The number of ether oxygens (including phenoxy) is 3. The summed E-state index contributed by atoms with van der Waals surface area (Å²) in [6.07, 6.45) is 20.2. The van der Waals surface area contributed by atoms with Crippen LogP contribution >= 0.6 is 0 Å². The quantitative estimate of drug-likeness (QED) is 0.0852. The zero-order chi connectivity index (χ0) is 53.2. The standard InChI is InChI=1S/C19H25OS.C18H23OS.C17H27S.C14H21OS/c1-2-3-13-20-18-11-12-19(21-14-7-4-8-15-21)17-10-6-5-9-16(17)18;1-2-3-12-19-17-10-11-18(20-13-6-7-14-20)16-9-5-4-8-15(16)17;1-13-11-15(18-9-7-6-8-10-18)12-14(2)16(13)17(3,4)5;1-11-9-13(10-12(2)14(11)15-3)16-7-5-4-6-8-16/h5-6,9-12H,2-4,7-8,13-15H2,1H3;4-5,8-11H,2-3,6-7,12-14H2,1H3;11-12H,6-10H2,1-5H3;9-10H,4-8H2,1-3H3/q4*+1. The summed E-state index contributed by atoms with van der Waals surface area (Å²) >= 11 is 0. The molecule has 0 unspecified atom stereocenters. The SMILES string of the molecule is CCCCOc1ccc([S+]2CCCC2)c2ccccc12.CCCCOc1ccc([S+]2CCCCC2)c2ccccc12.COc1c(C)cc([S+]2CCCCC2)cc1C.Cc1cc([S+]2CCCCC2)cc(C)c1C(C)(C)C. The summed E-state index contributed by atoms with van der Waals surface area (Å²) < 4.78 is 17.4. The molecule has 6 aromatic carbocycles. The second kappa shape index (κ2) is 30.1. The number of hydrogen-bond acceptors (Lipinski definition) is 3. The maximum Gasteiger partial charge on any atom is 0.162 e. The average molecular weight is 1090 g/mol. The molecule has 4 fully saturated rings. The summed E-state index contributed by atoms with van der Waals surface area (Å²) in [5.74, 6) is 14.3. The van der Waals surface area contributed by atoms with E-state index in [2.05, 4.69) is 159 Å². The molecule has 0 spiro atoms. The van der Waals surface area contributed by atoms with Crippen molar-refractivity contribution in [2.75, 3.05) is 66.3 Å². The van der Waals surface area contributed by atoms with Crippen molar-refractivity contribution < 1.29 is 14.2 Å². The largest absolute Gasteiger partial charge is 0.496 e.